The summed E-state index contributed by atoms with van der Waals surface area (Å²) in [5.41, 5.74) is 1.70. The van der Waals surface area contributed by atoms with Gasteiger partial charge in [0.1, 0.15) is 5.54 Å². The third-order valence-corrected chi connectivity index (χ3v) is 4.69. The lowest BCUT2D eigenvalue weighted by Crippen LogP contribution is -2.47. The molecule has 2 aliphatic rings. The fraction of sp³-hybridized carbons (Fsp3) is 0.571. The van der Waals surface area contributed by atoms with E-state index < -0.39 is 0 Å². The Balaban J connectivity index is 1.84. The van der Waals surface area contributed by atoms with E-state index in [1.54, 1.807) is 0 Å². The predicted octanol–water partition coefficient (Wildman–Crippen LogP) is 2.18. The Hall–Kier alpha value is -0.940. The normalized spacial score (nSPS) is 30.6. The number of aryl methyl sites for hydroxylation is 1. The van der Waals surface area contributed by atoms with Crippen LogP contribution in [-0.2, 0) is 4.79 Å². The summed E-state index contributed by atoms with van der Waals surface area (Å²) in [6.07, 6.45) is 2.79. The van der Waals surface area contributed by atoms with Crippen LogP contribution in [0.25, 0.3) is 0 Å². The van der Waals surface area contributed by atoms with Gasteiger partial charge in [0.05, 0.1) is 11.7 Å². The second kappa shape index (κ2) is 4.56. The van der Waals surface area contributed by atoms with Crippen LogP contribution in [0.3, 0.4) is 0 Å². The summed E-state index contributed by atoms with van der Waals surface area (Å²) in [7, 11) is 1.88. The zero-order valence-corrected chi connectivity index (χ0v) is 12.8. The summed E-state index contributed by atoms with van der Waals surface area (Å²) < 4.78 is 1.05. The first kappa shape index (κ1) is 13.1. The number of hydrogen-bond donors (Lipinski definition) is 1. The molecule has 19 heavy (non-hydrogen) atoms. The van der Waals surface area contributed by atoms with Crippen LogP contribution in [0.15, 0.2) is 16.6 Å². The number of aromatic nitrogens is 1. The number of hydrogen-bond acceptors (Lipinski definition) is 3. The van der Waals surface area contributed by atoms with Crippen molar-refractivity contribution < 1.29 is 4.79 Å². The van der Waals surface area contributed by atoms with Gasteiger partial charge in [-0.1, -0.05) is 15.9 Å². The monoisotopic (exact) mass is 323 g/mol. The summed E-state index contributed by atoms with van der Waals surface area (Å²) in [5, 5.41) is 3.54. The fourth-order valence-corrected chi connectivity index (χ4v) is 3.78. The Morgan fingerprint density at radius 3 is 2.89 bits per heavy atom. The predicted molar refractivity (Wildman–Crippen MR) is 76.8 cm³/mol. The number of likely N-dealkylation sites (tertiary alicyclic amines) is 1. The SMILES string of the molecule is Cc1cc(Br)cc([C@H]2CC[C@@]3(CCN(C)C3=O)N2)n1. The van der Waals surface area contributed by atoms with Gasteiger partial charge in [-0.05, 0) is 38.3 Å². The third-order valence-electron chi connectivity index (χ3n) is 4.24. The Labute approximate surface area is 121 Å². The van der Waals surface area contributed by atoms with Crippen LogP contribution in [0.5, 0.6) is 0 Å². The van der Waals surface area contributed by atoms with E-state index in [1.807, 2.05) is 31.0 Å². The molecule has 2 fully saturated rings. The van der Waals surface area contributed by atoms with Gasteiger partial charge in [0, 0.05) is 23.8 Å². The molecule has 5 heteroatoms. The lowest BCUT2D eigenvalue weighted by molar-refractivity contribution is -0.131. The van der Waals surface area contributed by atoms with Gasteiger partial charge in [-0.15, -0.1) is 0 Å². The van der Waals surface area contributed by atoms with Gasteiger partial charge in [-0.25, -0.2) is 0 Å². The van der Waals surface area contributed by atoms with E-state index in [0.29, 0.717) is 0 Å². The van der Waals surface area contributed by atoms with Gasteiger partial charge in [0.25, 0.3) is 0 Å². The van der Waals surface area contributed by atoms with Crippen LogP contribution in [0, 0.1) is 6.92 Å². The molecule has 0 aromatic carbocycles. The highest BCUT2D eigenvalue weighted by molar-refractivity contribution is 9.10. The van der Waals surface area contributed by atoms with Gasteiger partial charge in [-0.3, -0.25) is 15.1 Å². The molecule has 1 aromatic rings. The Morgan fingerprint density at radius 1 is 1.47 bits per heavy atom. The van der Waals surface area contributed by atoms with Crippen molar-refractivity contribution in [3.63, 3.8) is 0 Å². The van der Waals surface area contributed by atoms with E-state index in [-0.39, 0.29) is 17.5 Å². The molecule has 0 unspecified atom stereocenters. The van der Waals surface area contributed by atoms with Crippen molar-refractivity contribution in [3.8, 4) is 0 Å². The molecule has 3 rings (SSSR count). The molecule has 1 N–H and O–H groups in total. The average molecular weight is 324 g/mol. The van der Waals surface area contributed by atoms with Gasteiger partial charge in [0.15, 0.2) is 0 Å². The molecule has 0 bridgehead atoms. The van der Waals surface area contributed by atoms with Crippen molar-refractivity contribution in [1.82, 2.24) is 15.2 Å². The van der Waals surface area contributed by atoms with E-state index in [4.69, 9.17) is 0 Å². The number of amides is 1. The smallest absolute Gasteiger partial charge is 0.242 e. The largest absolute Gasteiger partial charge is 0.344 e. The zero-order valence-electron chi connectivity index (χ0n) is 11.2. The van der Waals surface area contributed by atoms with Crippen molar-refractivity contribution in [1.29, 1.82) is 0 Å². The number of carbonyl (C=O) groups is 1. The maximum atomic E-state index is 12.3. The molecule has 0 radical (unpaired) electrons. The molecular formula is C14H18BrN3O. The van der Waals surface area contributed by atoms with E-state index in [2.05, 4.69) is 26.2 Å². The number of nitrogens with one attached hydrogen (secondary N) is 1. The molecule has 2 saturated heterocycles. The number of halogens is 1. The maximum absolute atomic E-state index is 12.3. The molecule has 2 atom stereocenters. The lowest BCUT2D eigenvalue weighted by atomic mass is 9.96. The second-order valence-electron chi connectivity index (χ2n) is 5.65. The number of nitrogens with zero attached hydrogens (tertiary/aromatic N) is 2. The third kappa shape index (κ3) is 2.19. The molecule has 0 aliphatic carbocycles. The van der Waals surface area contributed by atoms with Crippen molar-refractivity contribution in [2.24, 2.45) is 0 Å². The van der Waals surface area contributed by atoms with Crippen LogP contribution in [0.1, 0.15) is 36.7 Å². The second-order valence-corrected chi connectivity index (χ2v) is 6.56. The van der Waals surface area contributed by atoms with Crippen LogP contribution in [0.4, 0.5) is 0 Å². The quantitative estimate of drug-likeness (QED) is 0.861. The Bertz CT molecular complexity index is 513. The highest BCUT2D eigenvalue weighted by atomic mass is 79.9. The molecule has 1 spiro atoms. The molecule has 1 aromatic heterocycles. The molecular weight excluding hydrogens is 306 g/mol. The van der Waals surface area contributed by atoms with Crippen LogP contribution >= 0.6 is 15.9 Å². The van der Waals surface area contributed by atoms with E-state index in [0.717, 1.165) is 41.7 Å². The first-order valence-electron chi connectivity index (χ1n) is 6.67. The van der Waals surface area contributed by atoms with Crippen molar-refractivity contribution in [2.75, 3.05) is 13.6 Å². The first-order chi connectivity index (χ1) is 9.00. The van der Waals surface area contributed by atoms with Crippen molar-refractivity contribution in [2.45, 2.75) is 37.8 Å². The Morgan fingerprint density at radius 2 is 2.26 bits per heavy atom. The minimum atomic E-state index is -0.336. The molecule has 102 valence electrons. The van der Waals surface area contributed by atoms with Gasteiger partial charge in [-0.2, -0.15) is 0 Å². The Kier molecular flexibility index (Phi) is 3.14. The highest BCUT2D eigenvalue weighted by Crippen LogP contribution is 2.38. The van der Waals surface area contributed by atoms with Crippen molar-refractivity contribution >= 4 is 21.8 Å². The summed E-state index contributed by atoms with van der Waals surface area (Å²) >= 11 is 3.51. The highest BCUT2D eigenvalue weighted by Gasteiger charge is 2.50. The summed E-state index contributed by atoms with van der Waals surface area (Å²) in [6, 6.07) is 4.24. The van der Waals surface area contributed by atoms with Crippen molar-refractivity contribution in [3.05, 3.63) is 28.0 Å². The zero-order chi connectivity index (χ0) is 13.6. The van der Waals surface area contributed by atoms with Gasteiger partial charge < -0.3 is 4.90 Å². The average Bonchev–Trinajstić information content (AvgIpc) is 2.89. The summed E-state index contributed by atoms with van der Waals surface area (Å²) in [4.78, 5) is 18.7. The molecule has 3 heterocycles. The number of carbonyl (C=O) groups excluding carboxylic acids is 1. The molecule has 2 aliphatic heterocycles. The number of likely N-dealkylation sites (N-methyl/N-ethyl adjacent to an activating group) is 1. The van der Waals surface area contributed by atoms with E-state index in [9.17, 15) is 4.79 Å². The van der Waals surface area contributed by atoms with Gasteiger partial charge in [0.2, 0.25) is 5.91 Å². The standard InChI is InChI=1S/C14H18BrN3O/c1-9-7-10(15)8-12(16-9)11-3-4-14(17-11)5-6-18(2)13(14)19/h7-8,11,17H,3-6H2,1-2H3/t11-,14+/m1/s1. The van der Waals surface area contributed by atoms with E-state index in [1.165, 1.54) is 0 Å². The first-order valence-corrected chi connectivity index (χ1v) is 7.47. The molecule has 0 saturated carbocycles. The lowest BCUT2D eigenvalue weighted by Gasteiger charge is -2.23. The number of rotatable bonds is 1. The van der Waals surface area contributed by atoms with Crippen LogP contribution < -0.4 is 5.32 Å². The van der Waals surface area contributed by atoms with Gasteiger partial charge >= 0.3 is 0 Å². The van der Waals surface area contributed by atoms with E-state index >= 15 is 0 Å². The van der Waals surface area contributed by atoms with Crippen LogP contribution in [0.2, 0.25) is 0 Å². The minimum Gasteiger partial charge on any atom is -0.344 e. The minimum absolute atomic E-state index is 0.187. The topological polar surface area (TPSA) is 45.2 Å². The maximum Gasteiger partial charge on any atom is 0.242 e. The summed E-state index contributed by atoms with van der Waals surface area (Å²) in [5.74, 6) is 0.238. The molecule has 1 amide bonds. The fourth-order valence-electron chi connectivity index (χ4n) is 3.22. The molecule has 4 nitrogen and oxygen atoms in total. The van der Waals surface area contributed by atoms with Crippen LogP contribution in [-0.4, -0.2) is 34.9 Å². The summed E-state index contributed by atoms with van der Waals surface area (Å²) in [6.45, 7) is 2.84. The number of pyridine rings is 1.